The van der Waals surface area contributed by atoms with Gasteiger partial charge in [-0.1, -0.05) is 37.3 Å². The zero-order valence-corrected chi connectivity index (χ0v) is 25.7. The third-order valence-electron chi connectivity index (χ3n) is 10.6. The molecule has 44 heavy (non-hydrogen) atoms. The minimum absolute atomic E-state index is 0.133. The molecule has 3 fully saturated rings. The first-order valence-electron chi connectivity index (χ1n) is 16.5. The number of ether oxygens (including phenoxy) is 1. The largest absolute Gasteiger partial charge is 0.461 e. The lowest BCUT2D eigenvalue weighted by atomic mass is 9.95. The summed E-state index contributed by atoms with van der Waals surface area (Å²) in [4.78, 5) is 33.5. The summed E-state index contributed by atoms with van der Waals surface area (Å²) in [6.07, 6.45) is 10.4. The molecule has 4 aliphatic rings. The van der Waals surface area contributed by atoms with Crippen LogP contribution in [0.3, 0.4) is 0 Å². The first kappa shape index (κ1) is 27.6. The number of piperidine rings is 1. The quantitative estimate of drug-likeness (QED) is 0.335. The van der Waals surface area contributed by atoms with Gasteiger partial charge in [0.05, 0.1) is 23.8 Å². The number of aromatic amines is 1. The van der Waals surface area contributed by atoms with Gasteiger partial charge in [0.15, 0.2) is 0 Å². The van der Waals surface area contributed by atoms with Crippen molar-refractivity contribution >= 4 is 22.3 Å². The molecule has 3 saturated heterocycles. The van der Waals surface area contributed by atoms with Crippen LogP contribution >= 0.6 is 0 Å². The molecule has 0 aliphatic carbocycles. The first-order valence-corrected chi connectivity index (χ1v) is 16.5. The summed E-state index contributed by atoms with van der Waals surface area (Å²) in [5, 5.41) is 5.50. The lowest BCUT2D eigenvalue weighted by molar-refractivity contribution is 0.107. The predicted molar refractivity (Wildman–Crippen MR) is 172 cm³/mol. The van der Waals surface area contributed by atoms with Crippen LogP contribution in [0, 0.1) is 0 Å². The molecular weight excluding hydrogens is 552 g/mol. The summed E-state index contributed by atoms with van der Waals surface area (Å²) in [7, 11) is 0. The molecular formula is C34H42N8O2. The Kier molecular flexibility index (Phi) is 7.04. The highest BCUT2D eigenvalue weighted by atomic mass is 16.5. The molecule has 0 bridgehead atoms. The van der Waals surface area contributed by atoms with E-state index in [0.29, 0.717) is 12.6 Å². The maximum absolute atomic E-state index is 11.8. The number of anilines is 2. The van der Waals surface area contributed by atoms with Crippen LogP contribution in [-0.2, 0) is 19.4 Å². The summed E-state index contributed by atoms with van der Waals surface area (Å²) in [6, 6.07) is 13.9. The van der Waals surface area contributed by atoms with E-state index in [2.05, 4.69) is 68.1 Å². The molecule has 0 radical (unpaired) electrons. The second-order valence-corrected chi connectivity index (χ2v) is 13.1. The Morgan fingerprint density at radius 1 is 1.00 bits per heavy atom. The molecule has 1 atom stereocenters. The number of H-pyrrole nitrogens is 1. The molecule has 10 nitrogen and oxygen atoms in total. The molecule has 0 amide bonds. The van der Waals surface area contributed by atoms with Crippen LogP contribution in [-0.4, -0.2) is 74.5 Å². The van der Waals surface area contributed by atoms with Gasteiger partial charge in [0.2, 0.25) is 0 Å². The Hall–Kier alpha value is -3.92. The zero-order valence-electron chi connectivity index (χ0n) is 25.7. The van der Waals surface area contributed by atoms with Gasteiger partial charge in [-0.3, -0.25) is 9.58 Å². The summed E-state index contributed by atoms with van der Waals surface area (Å²) in [6.45, 7) is 8.54. The van der Waals surface area contributed by atoms with Crippen molar-refractivity contribution in [3.8, 4) is 6.01 Å². The van der Waals surface area contributed by atoms with Gasteiger partial charge in [-0.2, -0.15) is 15.0 Å². The van der Waals surface area contributed by atoms with E-state index in [9.17, 15) is 4.79 Å². The molecule has 2 aromatic carbocycles. The van der Waals surface area contributed by atoms with E-state index in [-0.39, 0.29) is 17.3 Å². The average Bonchev–Trinajstić information content (AvgIpc) is 3.79. The minimum Gasteiger partial charge on any atom is -0.461 e. The van der Waals surface area contributed by atoms with Crippen molar-refractivity contribution in [1.29, 1.82) is 0 Å². The van der Waals surface area contributed by atoms with Crippen molar-refractivity contribution in [2.75, 3.05) is 49.1 Å². The molecule has 0 saturated carbocycles. The average molecular weight is 595 g/mol. The normalized spacial score (nSPS) is 21.5. The molecule has 6 heterocycles. The number of aromatic nitrogens is 5. The van der Waals surface area contributed by atoms with E-state index in [4.69, 9.17) is 14.7 Å². The van der Waals surface area contributed by atoms with E-state index < -0.39 is 0 Å². The highest BCUT2D eigenvalue weighted by molar-refractivity contribution is 5.97. The zero-order chi connectivity index (χ0) is 29.7. The van der Waals surface area contributed by atoms with Crippen LogP contribution in [0.15, 0.2) is 47.5 Å². The number of fused-ring (bicyclic) bond motifs is 3. The predicted octanol–water partition coefficient (Wildman–Crippen LogP) is 4.49. The van der Waals surface area contributed by atoms with E-state index in [1.807, 2.05) is 4.68 Å². The van der Waals surface area contributed by atoms with Crippen LogP contribution in [0.2, 0.25) is 0 Å². The Morgan fingerprint density at radius 3 is 2.64 bits per heavy atom. The van der Waals surface area contributed by atoms with Gasteiger partial charge in [-0.05, 0) is 81.5 Å². The number of nitrogens with one attached hydrogen (secondary N) is 1. The van der Waals surface area contributed by atoms with E-state index in [1.54, 1.807) is 6.33 Å². The smallest absolute Gasteiger partial charge is 0.361 e. The van der Waals surface area contributed by atoms with E-state index in [1.165, 1.54) is 66.4 Å². The van der Waals surface area contributed by atoms with E-state index in [0.717, 1.165) is 63.4 Å². The Labute approximate surface area is 258 Å². The molecule has 0 spiro atoms. The second-order valence-electron chi connectivity index (χ2n) is 13.1. The Bertz CT molecular complexity index is 1710. The SMILES string of the molecule is CCc1cccc2cccc(N3CCc4c(nc(OCC56CCCN5CCC6)nc4N4CCCC(n5cnc(=O)[nH]5)C4)C3)c12. The molecule has 4 aromatic rings. The van der Waals surface area contributed by atoms with Crippen molar-refractivity contribution in [2.45, 2.75) is 76.4 Å². The first-order chi connectivity index (χ1) is 21.6. The Morgan fingerprint density at radius 2 is 1.84 bits per heavy atom. The maximum Gasteiger partial charge on any atom is 0.361 e. The maximum atomic E-state index is 11.8. The number of nitrogens with zero attached hydrogens (tertiary/aromatic N) is 7. The monoisotopic (exact) mass is 594 g/mol. The van der Waals surface area contributed by atoms with Crippen molar-refractivity contribution in [3.05, 3.63) is 70.0 Å². The lowest BCUT2D eigenvalue weighted by Crippen LogP contribution is -2.44. The second kappa shape index (κ2) is 11.2. The standard InChI is InChI=1S/C34H42N8O2/c1-2-24-8-3-9-25-10-4-12-29(30(24)25)39-19-13-27-28(21-39)36-33(44-22-34-14-6-17-41(34)18-7-15-34)37-31(27)40-16-5-11-26(20-40)42-23-35-32(43)38-42/h3-4,8-10,12,23,26H,2,5-7,11,13-22H2,1H3,(H,38,43). The van der Waals surface area contributed by atoms with Crippen LogP contribution < -0.4 is 20.2 Å². The number of benzene rings is 2. The van der Waals surface area contributed by atoms with Crippen molar-refractivity contribution in [2.24, 2.45) is 0 Å². The van der Waals surface area contributed by atoms with Crippen LogP contribution in [0.4, 0.5) is 11.5 Å². The number of rotatable bonds is 7. The highest BCUT2D eigenvalue weighted by Crippen LogP contribution is 2.40. The van der Waals surface area contributed by atoms with Crippen LogP contribution in [0.5, 0.6) is 6.01 Å². The third-order valence-corrected chi connectivity index (χ3v) is 10.6. The van der Waals surface area contributed by atoms with Gasteiger partial charge in [-0.25, -0.2) is 9.89 Å². The lowest BCUT2D eigenvalue weighted by Gasteiger charge is -2.38. The van der Waals surface area contributed by atoms with Gasteiger partial charge in [0.25, 0.3) is 0 Å². The van der Waals surface area contributed by atoms with Gasteiger partial charge in [0.1, 0.15) is 18.8 Å². The van der Waals surface area contributed by atoms with Crippen molar-refractivity contribution in [1.82, 2.24) is 29.6 Å². The van der Waals surface area contributed by atoms with Gasteiger partial charge in [-0.15, -0.1) is 0 Å². The fraction of sp³-hybridized carbons (Fsp3) is 0.529. The molecule has 1 N–H and O–H groups in total. The topological polar surface area (TPSA) is 95.4 Å². The number of aryl methyl sites for hydroxylation is 1. The van der Waals surface area contributed by atoms with Crippen LogP contribution in [0.1, 0.15) is 68.3 Å². The molecule has 230 valence electrons. The highest BCUT2D eigenvalue weighted by Gasteiger charge is 2.45. The van der Waals surface area contributed by atoms with E-state index >= 15 is 0 Å². The van der Waals surface area contributed by atoms with Gasteiger partial charge in [0, 0.05) is 36.3 Å². The van der Waals surface area contributed by atoms with Crippen LogP contribution in [0.25, 0.3) is 10.8 Å². The third kappa shape index (κ3) is 4.83. The molecule has 1 unspecified atom stereocenters. The molecule has 4 aliphatic heterocycles. The fourth-order valence-electron chi connectivity index (χ4n) is 8.38. The molecule has 8 rings (SSSR count). The summed E-state index contributed by atoms with van der Waals surface area (Å²) in [5.74, 6) is 0.996. The van der Waals surface area contributed by atoms with Crippen molar-refractivity contribution < 1.29 is 4.74 Å². The summed E-state index contributed by atoms with van der Waals surface area (Å²) in [5.41, 5.74) is 4.78. The number of hydrogen-bond acceptors (Lipinski definition) is 8. The molecule has 10 heteroatoms. The Balaban J connectivity index is 1.14. The van der Waals surface area contributed by atoms with Gasteiger partial charge < -0.3 is 14.5 Å². The van der Waals surface area contributed by atoms with Crippen molar-refractivity contribution in [3.63, 3.8) is 0 Å². The fourth-order valence-corrected chi connectivity index (χ4v) is 8.38. The minimum atomic E-state index is -0.302. The summed E-state index contributed by atoms with van der Waals surface area (Å²) >= 11 is 0. The molecule has 2 aromatic heterocycles. The summed E-state index contributed by atoms with van der Waals surface area (Å²) < 4.78 is 8.45. The number of hydrogen-bond donors (Lipinski definition) is 1. The van der Waals surface area contributed by atoms with Gasteiger partial charge >= 0.3 is 11.7 Å².